The van der Waals surface area contributed by atoms with E-state index in [1.165, 1.54) is 44.1 Å². The zero-order valence-electron chi connectivity index (χ0n) is 18.0. The summed E-state index contributed by atoms with van der Waals surface area (Å²) in [5, 5.41) is 66.3. The van der Waals surface area contributed by atoms with Gasteiger partial charge in [-0.3, -0.25) is 19.3 Å². The second kappa shape index (κ2) is 6.87. The Labute approximate surface area is 187 Å². The van der Waals surface area contributed by atoms with Crippen molar-refractivity contribution >= 4 is 23.2 Å². The molecule has 0 aliphatic heterocycles. The lowest BCUT2D eigenvalue weighted by Crippen LogP contribution is -2.71. The molecule has 1 fully saturated rings. The number of aromatic hydroxyl groups is 1. The fraction of sp³-hybridized carbons (Fsp3) is 0.409. The molecule has 6 atom stereocenters. The van der Waals surface area contributed by atoms with Crippen LogP contribution in [0.4, 0.5) is 0 Å². The summed E-state index contributed by atoms with van der Waals surface area (Å²) in [6, 6.07) is 2.50. The highest BCUT2D eigenvalue weighted by molar-refractivity contribution is 6.24. The summed E-state index contributed by atoms with van der Waals surface area (Å²) in [7, 11) is 2.80. The number of hydrogen-bond donors (Lipinski definition) is 7. The Morgan fingerprint density at radius 2 is 1.73 bits per heavy atom. The van der Waals surface area contributed by atoms with Crippen LogP contribution in [-0.4, -0.2) is 84.9 Å². The van der Waals surface area contributed by atoms with E-state index in [-0.39, 0.29) is 11.1 Å². The van der Waals surface area contributed by atoms with Crippen LogP contribution in [0.15, 0.2) is 35.1 Å². The first-order valence-electron chi connectivity index (χ1n) is 10.1. The molecule has 0 bridgehead atoms. The highest BCUT2D eigenvalue weighted by Crippen LogP contribution is 2.57. The first-order valence-corrected chi connectivity index (χ1v) is 10.1. The highest BCUT2D eigenvalue weighted by atomic mass is 16.4. The lowest BCUT2D eigenvalue weighted by Gasteiger charge is -2.55. The van der Waals surface area contributed by atoms with Gasteiger partial charge in [0.05, 0.1) is 40.7 Å². The molecule has 11 heteroatoms. The molecule has 1 amide bonds. The van der Waals surface area contributed by atoms with Gasteiger partial charge < -0.3 is 36.4 Å². The fourth-order valence-corrected chi connectivity index (χ4v) is 5.60. The normalized spacial score (nSPS) is 36.0. The topological polar surface area (TPSA) is 202 Å². The largest absolute Gasteiger partial charge is 0.508 e. The first kappa shape index (κ1) is 22.9. The second-order valence-corrected chi connectivity index (χ2v) is 9.06. The monoisotopic (exact) mass is 460 g/mol. The van der Waals surface area contributed by atoms with Crippen LogP contribution in [0.1, 0.15) is 18.1 Å². The third kappa shape index (κ3) is 2.61. The Kier molecular flexibility index (Phi) is 4.78. The van der Waals surface area contributed by atoms with Crippen LogP contribution in [0, 0.1) is 11.8 Å². The number of phenolic OH excluding ortho intramolecular Hbond substituents is 1. The maximum Gasteiger partial charge on any atom is 0.255 e. The van der Waals surface area contributed by atoms with Crippen molar-refractivity contribution in [2.24, 2.45) is 17.6 Å². The number of Topliss-reactive ketones (excluding diaryl/α,β-unsaturated/α-hetero) is 2. The minimum absolute atomic E-state index is 0.00664. The number of aliphatic hydroxyl groups is 5. The Hall–Kier alpha value is -3.25. The molecule has 0 aromatic heterocycles. The predicted octanol–water partition coefficient (Wildman–Crippen LogP) is -1.40. The van der Waals surface area contributed by atoms with E-state index in [0.29, 0.717) is 0 Å². The number of benzene rings is 1. The van der Waals surface area contributed by atoms with Gasteiger partial charge in [-0.1, -0.05) is 12.1 Å². The van der Waals surface area contributed by atoms with E-state index >= 15 is 0 Å². The van der Waals surface area contributed by atoms with Gasteiger partial charge in [-0.2, -0.15) is 0 Å². The molecule has 0 spiro atoms. The minimum Gasteiger partial charge on any atom is -0.508 e. The Bertz CT molecular complexity index is 1180. The van der Waals surface area contributed by atoms with Crippen LogP contribution in [0.2, 0.25) is 0 Å². The summed E-state index contributed by atoms with van der Waals surface area (Å²) in [5.74, 6) is -9.67. The van der Waals surface area contributed by atoms with Crippen LogP contribution < -0.4 is 5.73 Å². The maximum absolute atomic E-state index is 13.7. The van der Waals surface area contributed by atoms with Crippen molar-refractivity contribution in [1.82, 2.24) is 4.90 Å². The summed E-state index contributed by atoms with van der Waals surface area (Å²) in [5.41, 5.74) is -1.78. The van der Waals surface area contributed by atoms with E-state index < -0.39 is 81.1 Å². The SMILES string of the molecule is CN(C)C1C(=O)C(C(N)=O)=C(O)[C@@]2(O)C(=O)C3=C(O)c4c(O)cccc4C(C)(O)[C@H]3[C@H](O)[C@@H]12. The summed E-state index contributed by atoms with van der Waals surface area (Å²) in [6.45, 7) is 1.25. The molecular weight excluding hydrogens is 436 g/mol. The number of fused-ring (bicyclic) bond motifs is 3. The van der Waals surface area contributed by atoms with Crippen molar-refractivity contribution in [2.75, 3.05) is 14.1 Å². The number of carbonyl (C=O) groups excluding carboxylic acids is 3. The first-order chi connectivity index (χ1) is 15.2. The number of likely N-dealkylation sites (N-methyl/N-ethyl adjacent to an activating group) is 1. The van der Waals surface area contributed by atoms with Gasteiger partial charge in [0.25, 0.3) is 5.91 Å². The van der Waals surface area contributed by atoms with Crippen LogP contribution >= 0.6 is 0 Å². The van der Waals surface area contributed by atoms with E-state index in [1.807, 2.05) is 0 Å². The third-order valence-corrected chi connectivity index (χ3v) is 7.03. The molecule has 1 aromatic carbocycles. The molecule has 2 unspecified atom stereocenters. The molecule has 8 N–H and O–H groups in total. The summed E-state index contributed by atoms with van der Waals surface area (Å²) >= 11 is 0. The number of rotatable bonds is 2. The third-order valence-electron chi connectivity index (χ3n) is 7.03. The Balaban J connectivity index is 2.11. The van der Waals surface area contributed by atoms with Gasteiger partial charge in [0, 0.05) is 0 Å². The molecule has 11 nitrogen and oxygen atoms in total. The minimum atomic E-state index is -3.02. The number of nitrogens with zero attached hydrogens (tertiary/aromatic N) is 1. The molecule has 0 heterocycles. The Morgan fingerprint density at radius 1 is 1.12 bits per heavy atom. The number of carbonyl (C=O) groups is 3. The number of primary amides is 1. The summed E-state index contributed by atoms with van der Waals surface area (Å²) < 4.78 is 0. The van der Waals surface area contributed by atoms with E-state index in [9.17, 15) is 45.0 Å². The van der Waals surface area contributed by atoms with Crippen molar-refractivity contribution in [1.29, 1.82) is 0 Å². The molecule has 3 aliphatic rings. The molecular formula is C22H24N2O9. The lowest BCUT2D eigenvalue weighted by molar-refractivity contribution is -0.181. The summed E-state index contributed by atoms with van der Waals surface area (Å²) in [6.07, 6.45) is -1.87. The molecule has 1 aromatic rings. The number of aliphatic hydroxyl groups excluding tert-OH is 3. The Morgan fingerprint density at radius 3 is 2.27 bits per heavy atom. The van der Waals surface area contributed by atoms with Gasteiger partial charge in [-0.15, -0.1) is 0 Å². The lowest BCUT2D eigenvalue weighted by atomic mass is 9.53. The average Bonchev–Trinajstić information content (AvgIpc) is 2.70. The van der Waals surface area contributed by atoms with Crippen LogP contribution in [-0.2, 0) is 20.0 Å². The predicted molar refractivity (Wildman–Crippen MR) is 112 cm³/mol. The van der Waals surface area contributed by atoms with E-state index in [2.05, 4.69) is 0 Å². The summed E-state index contributed by atoms with van der Waals surface area (Å²) in [4.78, 5) is 39.9. The second-order valence-electron chi connectivity index (χ2n) is 9.06. The van der Waals surface area contributed by atoms with Crippen molar-refractivity contribution in [2.45, 2.75) is 30.3 Å². The van der Waals surface area contributed by atoms with Crippen LogP contribution in [0.5, 0.6) is 5.75 Å². The standard InChI is InChI=1S/C22H24N2O9/c1-21(32)7-5-4-6-8(25)9(7)15(26)10-12(21)17(28)13-14(24(2)3)16(27)11(20(23)31)19(30)22(13,33)18(10)29/h4-6,12-14,17,25-26,28,30,32-33H,1-3H3,(H2,23,31)/t12-,13-,14?,17+,21?,22+/m1/s1. The van der Waals surface area contributed by atoms with E-state index in [4.69, 9.17) is 5.73 Å². The van der Waals surface area contributed by atoms with Crippen LogP contribution in [0.3, 0.4) is 0 Å². The average molecular weight is 460 g/mol. The zero-order chi connectivity index (χ0) is 24.8. The number of nitrogens with two attached hydrogens (primary N) is 1. The smallest absolute Gasteiger partial charge is 0.255 e. The van der Waals surface area contributed by atoms with Gasteiger partial charge >= 0.3 is 0 Å². The molecule has 1 saturated carbocycles. The van der Waals surface area contributed by atoms with Gasteiger partial charge in [0.15, 0.2) is 11.4 Å². The molecule has 0 saturated heterocycles. The van der Waals surface area contributed by atoms with E-state index in [1.54, 1.807) is 0 Å². The zero-order valence-corrected chi connectivity index (χ0v) is 18.0. The maximum atomic E-state index is 13.7. The number of amides is 1. The molecule has 0 radical (unpaired) electrons. The highest BCUT2D eigenvalue weighted by Gasteiger charge is 2.70. The number of hydrogen-bond acceptors (Lipinski definition) is 10. The van der Waals surface area contributed by atoms with E-state index in [0.717, 1.165) is 0 Å². The van der Waals surface area contributed by atoms with Crippen LogP contribution in [0.25, 0.3) is 5.76 Å². The quantitative estimate of drug-likeness (QED) is 0.257. The van der Waals surface area contributed by atoms with Gasteiger partial charge in [-0.25, -0.2) is 0 Å². The van der Waals surface area contributed by atoms with Gasteiger partial charge in [0.1, 0.15) is 22.8 Å². The van der Waals surface area contributed by atoms with Crippen molar-refractivity contribution in [3.8, 4) is 5.75 Å². The number of ketones is 2. The molecule has 4 rings (SSSR count). The van der Waals surface area contributed by atoms with Crippen molar-refractivity contribution < 1.29 is 45.0 Å². The molecule has 33 heavy (non-hydrogen) atoms. The number of phenols is 1. The van der Waals surface area contributed by atoms with Crippen molar-refractivity contribution in [3.63, 3.8) is 0 Å². The fourth-order valence-electron chi connectivity index (χ4n) is 5.60. The van der Waals surface area contributed by atoms with Gasteiger partial charge in [0.2, 0.25) is 5.78 Å². The molecule has 3 aliphatic carbocycles. The van der Waals surface area contributed by atoms with Gasteiger partial charge in [-0.05, 0) is 32.6 Å². The van der Waals surface area contributed by atoms with Crippen molar-refractivity contribution in [3.05, 3.63) is 46.2 Å². The molecule has 176 valence electrons.